The fraction of sp³-hybridized carbons (Fsp3) is 0.312. The zero-order valence-electron chi connectivity index (χ0n) is 13.2. The summed E-state index contributed by atoms with van der Waals surface area (Å²) in [4.78, 5) is 24.6. The molecule has 8 heteroatoms. The average Bonchev–Trinajstić information content (AvgIpc) is 3.04. The second-order valence-electron chi connectivity index (χ2n) is 5.30. The van der Waals surface area contributed by atoms with Crippen molar-refractivity contribution in [3.8, 4) is 0 Å². The Balaban J connectivity index is 0.00000208. The zero-order valence-corrected chi connectivity index (χ0v) is 14.0. The van der Waals surface area contributed by atoms with E-state index in [0.717, 1.165) is 24.2 Å². The van der Waals surface area contributed by atoms with Crippen LogP contribution >= 0.6 is 12.4 Å². The number of hydrogen-bond acceptors (Lipinski definition) is 5. The van der Waals surface area contributed by atoms with Crippen LogP contribution in [0, 0.1) is 0 Å². The number of halogens is 1. The highest BCUT2D eigenvalue weighted by molar-refractivity contribution is 5.96. The zero-order chi connectivity index (χ0) is 16.2. The minimum absolute atomic E-state index is 0. The van der Waals surface area contributed by atoms with Crippen molar-refractivity contribution in [3.05, 3.63) is 52.8 Å². The molecule has 1 aliphatic heterocycles. The molecule has 3 N–H and O–H groups in total. The quantitative estimate of drug-likeness (QED) is 0.718. The highest BCUT2D eigenvalue weighted by Gasteiger charge is 2.27. The van der Waals surface area contributed by atoms with Crippen LogP contribution in [0.25, 0.3) is 0 Å². The minimum atomic E-state index is -0.863. The molecule has 0 saturated carbocycles. The first-order valence-electron chi connectivity index (χ1n) is 7.41. The third-order valence-corrected chi connectivity index (χ3v) is 3.87. The van der Waals surface area contributed by atoms with Crippen LogP contribution in [0.5, 0.6) is 0 Å². The number of aromatic amines is 1. The number of nitrogens with one attached hydrogen (secondary N) is 3. The van der Waals surface area contributed by atoms with E-state index in [0.29, 0.717) is 17.8 Å². The van der Waals surface area contributed by atoms with Crippen LogP contribution in [-0.4, -0.2) is 35.7 Å². The first-order valence-corrected chi connectivity index (χ1v) is 7.41. The monoisotopic (exact) mass is 350 g/mol. The van der Waals surface area contributed by atoms with Crippen molar-refractivity contribution in [1.29, 1.82) is 0 Å². The number of nitrogens with zero attached hydrogens (tertiary/aromatic N) is 1. The molecule has 2 heterocycles. The fourth-order valence-electron chi connectivity index (χ4n) is 2.65. The van der Waals surface area contributed by atoms with Crippen LogP contribution in [0.1, 0.15) is 33.4 Å². The molecular weight excluding hydrogens is 332 g/mol. The Morgan fingerprint density at radius 1 is 1.29 bits per heavy atom. The third-order valence-electron chi connectivity index (χ3n) is 3.87. The predicted molar refractivity (Wildman–Crippen MR) is 89.9 cm³/mol. The molecule has 0 radical (unpaired) electrons. The molecule has 24 heavy (non-hydrogen) atoms. The molecule has 0 saturated heterocycles. The van der Waals surface area contributed by atoms with Gasteiger partial charge in [-0.2, -0.15) is 5.10 Å². The van der Waals surface area contributed by atoms with E-state index in [1.807, 2.05) is 6.07 Å². The van der Waals surface area contributed by atoms with Gasteiger partial charge >= 0.3 is 5.97 Å². The van der Waals surface area contributed by atoms with Gasteiger partial charge in [0, 0.05) is 30.8 Å². The van der Waals surface area contributed by atoms with Crippen LogP contribution in [0.2, 0.25) is 0 Å². The second-order valence-corrected chi connectivity index (χ2v) is 5.30. The van der Waals surface area contributed by atoms with Gasteiger partial charge in [-0.05, 0) is 5.56 Å². The number of aromatic nitrogens is 2. The molecule has 2 aromatic rings. The molecule has 1 aromatic heterocycles. The van der Waals surface area contributed by atoms with E-state index in [1.165, 1.54) is 7.11 Å². The van der Waals surface area contributed by atoms with Gasteiger partial charge in [-0.25, -0.2) is 4.79 Å². The third kappa shape index (κ3) is 3.58. The van der Waals surface area contributed by atoms with Gasteiger partial charge in [0.05, 0.1) is 7.11 Å². The molecule has 1 unspecified atom stereocenters. The Kier molecular flexibility index (Phi) is 5.94. The topological polar surface area (TPSA) is 96.1 Å². The molecule has 0 aliphatic carbocycles. The molecule has 0 spiro atoms. The van der Waals surface area contributed by atoms with Gasteiger partial charge in [0.2, 0.25) is 0 Å². The van der Waals surface area contributed by atoms with Gasteiger partial charge in [0.1, 0.15) is 0 Å². The molecule has 3 rings (SSSR count). The second kappa shape index (κ2) is 7.94. The van der Waals surface area contributed by atoms with Gasteiger partial charge in [-0.1, -0.05) is 30.3 Å². The SMILES string of the molecule is COC(=O)C(NC(=O)c1n[nH]c2c1CNCC2)c1ccccc1.Cl. The first-order chi connectivity index (χ1) is 11.2. The standard InChI is InChI=1S/C16H18N4O3.ClH/c1-23-16(22)13(10-5-3-2-4-6-10)18-15(21)14-11-9-17-8-7-12(11)19-20-14;/h2-6,13,17H,7-9H2,1H3,(H,18,21)(H,19,20);1H. The number of rotatable bonds is 4. The summed E-state index contributed by atoms with van der Waals surface area (Å²) in [6.07, 6.45) is 0.800. The Bertz CT molecular complexity index is 717. The molecule has 0 bridgehead atoms. The summed E-state index contributed by atoms with van der Waals surface area (Å²) < 4.78 is 4.80. The maximum absolute atomic E-state index is 12.6. The van der Waals surface area contributed by atoms with Crippen molar-refractivity contribution in [2.24, 2.45) is 0 Å². The number of benzene rings is 1. The number of fused-ring (bicyclic) bond motifs is 1. The van der Waals surface area contributed by atoms with Gasteiger partial charge in [-0.15, -0.1) is 12.4 Å². The number of carbonyl (C=O) groups excluding carboxylic acids is 2. The summed E-state index contributed by atoms with van der Waals surface area (Å²) in [5.41, 5.74) is 2.79. The molecule has 0 fully saturated rings. The Morgan fingerprint density at radius 2 is 2.04 bits per heavy atom. The Morgan fingerprint density at radius 3 is 2.75 bits per heavy atom. The van der Waals surface area contributed by atoms with Gasteiger partial charge in [-0.3, -0.25) is 9.89 Å². The summed E-state index contributed by atoms with van der Waals surface area (Å²) >= 11 is 0. The normalized spacial score (nSPS) is 14.0. The minimum Gasteiger partial charge on any atom is -0.467 e. The van der Waals surface area contributed by atoms with E-state index in [4.69, 9.17) is 4.74 Å². The highest BCUT2D eigenvalue weighted by atomic mass is 35.5. The molecular formula is C16H19ClN4O3. The lowest BCUT2D eigenvalue weighted by atomic mass is 10.0. The number of ether oxygens (including phenoxy) is 1. The molecule has 7 nitrogen and oxygen atoms in total. The first kappa shape index (κ1) is 18.0. The number of hydrogen-bond donors (Lipinski definition) is 3. The average molecular weight is 351 g/mol. The Labute approximate surface area is 145 Å². The summed E-state index contributed by atoms with van der Waals surface area (Å²) in [6, 6.07) is 8.12. The molecule has 128 valence electrons. The summed E-state index contributed by atoms with van der Waals surface area (Å²) in [5.74, 6) is -0.919. The highest BCUT2D eigenvalue weighted by Crippen LogP contribution is 2.18. The lowest BCUT2D eigenvalue weighted by Gasteiger charge is -2.17. The van der Waals surface area contributed by atoms with Gasteiger partial charge < -0.3 is 15.4 Å². The van der Waals surface area contributed by atoms with E-state index in [-0.39, 0.29) is 12.4 Å². The van der Waals surface area contributed by atoms with Crippen molar-refractivity contribution in [2.45, 2.75) is 19.0 Å². The van der Waals surface area contributed by atoms with Gasteiger partial charge in [0.15, 0.2) is 11.7 Å². The largest absolute Gasteiger partial charge is 0.467 e. The summed E-state index contributed by atoms with van der Waals surface area (Å²) in [6.45, 7) is 1.44. The maximum atomic E-state index is 12.6. The van der Waals surface area contributed by atoms with Crippen LogP contribution < -0.4 is 10.6 Å². The number of carbonyl (C=O) groups is 2. The Hall–Kier alpha value is -2.38. The van der Waals surface area contributed by atoms with Crippen molar-refractivity contribution in [3.63, 3.8) is 0 Å². The van der Waals surface area contributed by atoms with Crippen molar-refractivity contribution in [2.75, 3.05) is 13.7 Å². The van der Waals surface area contributed by atoms with Crippen molar-refractivity contribution in [1.82, 2.24) is 20.8 Å². The molecule has 1 amide bonds. The number of amides is 1. The van der Waals surface area contributed by atoms with Crippen LogP contribution in [-0.2, 0) is 22.5 Å². The summed E-state index contributed by atoms with van der Waals surface area (Å²) in [5, 5.41) is 12.9. The lowest BCUT2D eigenvalue weighted by Crippen LogP contribution is -2.35. The van der Waals surface area contributed by atoms with E-state index >= 15 is 0 Å². The van der Waals surface area contributed by atoms with E-state index in [2.05, 4.69) is 20.8 Å². The fourth-order valence-corrected chi connectivity index (χ4v) is 2.65. The lowest BCUT2D eigenvalue weighted by molar-refractivity contribution is -0.143. The number of esters is 1. The predicted octanol–water partition coefficient (Wildman–Crippen LogP) is 1.12. The number of H-pyrrole nitrogens is 1. The summed E-state index contributed by atoms with van der Waals surface area (Å²) in [7, 11) is 1.30. The molecule has 1 atom stereocenters. The van der Waals surface area contributed by atoms with Crippen LogP contribution in [0.15, 0.2) is 30.3 Å². The van der Waals surface area contributed by atoms with E-state index < -0.39 is 17.9 Å². The number of methoxy groups -OCH3 is 1. The van der Waals surface area contributed by atoms with Crippen molar-refractivity contribution < 1.29 is 14.3 Å². The van der Waals surface area contributed by atoms with Crippen molar-refractivity contribution >= 4 is 24.3 Å². The van der Waals surface area contributed by atoms with E-state index in [1.54, 1.807) is 24.3 Å². The molecule has 1 aromatic carbocycles. The molecule has 1 aliphatic rings. The van der Waals surface area contributed by atoms with Crippen LogP contribution in [0.4, 0.5) is 0 Å². The van der Waals surface area contributed by atoms with Gasteiger partial charge in [0.25, 0.3) is 5.91 Å². The van der Waals surface area contributed by atoms with Crippen LogP contribution in [0.3, 0.4) is 0 Å². The van der Waals surface area contributed by atoms with E-state index in [9.17, 15) is 9.59 Å². The smallest absolute Gasteiger partial charge is 0.333 e. The maximum Gasteiger partial charge on any atom is 0.333 e.